The zero-order valence-corrected chi connectivity index (χ0v) is 11.2. The molecule has 0 aromatic carbocycles. The Morgan fingerprint density at radius 2 is 2.11 bits per heavy atom. The van der Waals surface area contributed by atoms with Crippen molar-refractivity contribution in [3.8, 4) is 0 Å². The van der Waals surface area contributed by atoms with Gasteiger partial charge in [0, 0.05) is 13.1 Å². The minimum atomic E-state index is -0.411. The Labute approximate surface area is 108 Å². The van der Waals surface area contributed by atoms with Crippen LogP contribution in [0.5, 0.6) is 0 Å². The van der Waals surface area contributed by atoms with Gasteiger partial charge in [-0.1, -0.05) is 6.92 Å². The van der Waals surface area contributed by atoms with E-state index in [1.54, 1.807) is 6.92 Å². The highest BCUT2D eigenvalue weighted by Gasteiger charge is 2.21. The molecule has 6 heteroatoms. The minimum Gasteiger partial charge on any atom is -0.465 e. The van der Waals surface area contributed by atoms with Crippen molar-refractivity contribution in [2.75, 3.05) is 39.3 Å². The van der Waals surface area contributed by atoms with E-state index in [-0.39, 0.29) is 12.6 Å². The Kier molecular flexibility index (Phi) is 6.49. The van der Waals surface area contributed by atoms with Gasteiger partial charge in [0.05, 0.1) is 6.61 Å². The fourth-order valence-corrected chi connectivity index (χ4v) is 2.03. The molecule has 0 aromatic heterocycles. The second kappa shape index (κ2) is 7.92. The highest BCUT2D eigenvalue weighted by atomic mass is 16.5. The van der Waals surface area contributed by atoms with E-state index in [2.05, 4.69) is 22.5 Å². The molecule has 6 nitrogen and oxygen atoms in total. The highest BCUT2D eigenvalue weighted by Crippen LogP contribution is 2.14. The maximum absolute atomic E-state index is 11.4. The van der Waals surface area contributed by atoms with Crippen molar-refractivity contribution in [2.45, 2.75) is 20.3 Å². The molecule has 0 radical (unpaired) electrons. The average molecular weight is 257 g/mol. The van der Waals surface area contributed by atoms with Crippen molar-refractivity contribution in [1.82, 2.24) is 15.5 Å². The molecule has 1 aliphatic heterocycles. The van der Waals surface area contributed by atoms with E-state index in [4.69, 9.17) is 4.74 Å². The summed E-state index contributed by atoms with van der Waals surface area (Å²) in [6.07, 6.45) is 1.12. The van der Waals surface area contributed by atoms with Gasteiger partial charge in [-0.25, -0.2) is 4.79 Å². The summed E-state index contributed by atoms with van der Waals surface area (Å²) in [5, 5.41) is 5.26. The fraction of sp³-hybridized carbons (Fsp3) is 0.833. The monoisotopic (exact) mass is 257 g/mol. The molecule has 1 rings (SSSR count). The molecule has 1 heterocycles. The summed E-state index contributed by atoms with van der Waals surface area (Å²) in [5.74, 6) is 0.101. The van der Waals surface area contributed by atoms with Gasteiger partial charge in [-0.2, -0.15) is 0 Å². The number of amides is 2. The maximum Gasteiger partial charge on any atom is 0.325 e. The molecule has 1 saturated heterocycles. The predicted octanol–water partition coefficient (Wildman–Crippen LogP) is 0.191. The third kappa shape index (κ3) is 5.35. The van der Waals surface area contributed by atoms with Crippen molar-refractivity contribution < 1.29 is 14.3 Å². The lowest BCUT2D eigenvalue weighted by Gasteiger charge is -2.14. The van der Waals surface area contributed by atoms with Crippen LogP contribution in [0.4, 0.5) is 4.79 Å². The van der Waals surface area contributed by atoms with Crippen molar-refractivity contribution in [3.05, 3.63) is 0 Å². The van der Waals surface area contributed by atoms with Crippen LogP contribution >= 0.6 is 0 Å². The van der Waals surface area contributed by atoms with Gasteiger partial charge in [-0.3, -0.25) is 4.79 Å². The van der Waals surface area contributed by atoms with Gasteiger partial charge < -0.3 is 20.3 Å². The number of hydrogen-bond acceptors (Lipinski definition) is 4. The minimum absolute atomic E-state index is 0.0780. The molecule has 0 saturated carbocycles. The lowest BCUT2D eigenvalue weighted by atomic mass is 10.1. The van der Waals surface area contributed by atoms with Gasteiger partial charge in [0.25, 0.3) is 0 Å². The summed E-state index contributed by atoms with van der Waals surface area (Å²) in [7, 11) is 0. The molecule has 104 valence electrons. The van der Waals surface area contributed by atoms with Crippen LogP contribution in [-0.4, -0.2) is 56.2 Å². The van der Waals surface area contributed by atoms with Gasteiger partial charge in [-0.05, 0) is 32.4 Å². The Bertz CT molecular complexity index is 284. The van der Waals surface area contributed by atoms with Crippen molar-refractivity contribution in [2.24, 2.45) is 5.92 Å². The lowest BCUT2D eigenvalue weighted by Crippen LogP contribution is -2.41. The summed E-state index contributed by atoms with van der Waals surface area (Å²) in [4.78, 5) is 24.8. The summed E-state index contributed by atoms with van der Waals surface area (Å²) >= 11 is 0. The van der Waals surface area contributed by atoms with E-state index in [1.807, 2.05) is 0 Å². The summed E-state index contributed by atoms with van der Waals surface area (Å²) in [6.45, 7) is 7.99. The van der Waals surface area contributed by atoms with E-state index in [0.717, 1.165) is 26.1 Å². The molecule has 0 aliphatic carbocycles. The van der Waals surface area contributed by atoms with Crippen LogP contribution in [0.25, 0.3) is 0 Å². The number of nitrogens with one attached hydrogen (secondary N) is 2. The maximum atomic E-state index is 11.4. The van der Waals surface area contributed by atoms with Crippen LogP contribution in [0, 0.1) is 5.92 Å². The normalized spacial score (nSPS) is 19.6. The van der Waals surface area contributed by atoms with E-state index in [9.17, 15) is 9.59 Å². The van der Waals surface area contributed by atoms with Gasteiger partial charge in [0.15, 0.2) is 0 Å². The van der Waals surface area contributed by atoms with Crippen LogP contribution in [0.15, 0.2) is 0 Å². The molecule has 0 spiro atoms. The Morgan fingerprint density at radius 1 is 1.33 bits per heavy atom. The van der Waals surface area contributed by atoms with E-state index in [1.165, 1.54) is 0 Å². The van der Waals surface area contributed by atoms with Crippen molar-refractivity contribution in [3.63, 3.8) is 0 Å². The Hall–Kier alpha value is -1.30. The number of rotatable bonds is 6. The third-order valence-corrected chi connectivity index (χ3v) is 3.07. The number of likely N-dealkylation sites (tertiary alicyclic amines) is 1. The molecular formula is C12H23N3O3. The Balaban J connectivity index is 2.08. The zero-order chi connectivity index (χ0) is 13.4. The zero-order valence-electron chi connectivity index (χ0n) is 11.2. The van der Waals surface area contributed by atoms with Crippen molar-refractivity contribution in [1.29, 1.82) is 0 Å². The Morgan fingerprint density at radius 3 is 2.72 bits per heavy atom. The van der Waals surface area contributed by atoms with E-state index < -0.39 is 5.97 Å². The quantitative estimate of drug-likeness (QED) is 0.666. The topological polar surface area (TPSA) is 70.7 Å². The first kappa shape index (κ1) is 14.8. The molecule has 1 atom stereocenters. The molecular weight excluding hydrogens is 234 g/mol. The van der Waals surface area contributed by atoms with Crippen LogP contribution in [0.3, 0.4) is 0 Å². The largest absolute Gasteiger partial charge is 0.465 e. The van der Waals surface area contributed by atoms with Crippen LogP contribution < -0.4 is 10.6 Å². The van der Waals surface area contributed by atoms with E-state index >= 15 is 0 Å². The number of carbonyl (C=O) groups is 2. The molecule has 0 bridgehead atoms. The van der Waals surface area contributed by atoms with Crippen LogP contribution in [0.2, 0.25) is 0 Å². The summed E-state index contributed by atoms with van der Waals surface area (Å²) < 4.78 is 4.71. The second-order valence-corrected chi connectivity index (χ2v) is 4.42. The van der Waals surface area contributed by atoms with Crippen molar-refractivity contribution >= 4 is 12.0 Å². The summed E-state index contributed by atoms with van der Waals surface area (Å²) in [6, 6.07) is -0.307. The van der Waals surface area contributed by atoms with Gasteiger partial charge in [0.2, 0.25) is 0 Å². The molecule has 18 heavy (non-hydrogen) atoms. The van der Waals surface area contributed by atoms with Crippen LogP contribution in [-0.2, 0) is 9.53 Å². The average Bonchev–Trinajstić information content (AvgIpc) is 2.82. The van der Waals surface area contributed by atoms with Gasteiger partial charge >= 0.3 is 12.0 Å². The van der Waals surface area contributed by atoms with E-state index in [0.29, 0.717) is 19.1 Å². The predicted molar refractivity (Wildman–Crippen MR) is 68.3 cm³/mol. The second-order valence-electron chi connectivity index (χ2n) is 4.42. The molecule has 2 amide bonds. The molecule has 1 aliphatic rings. The molecule has 1 unspecified atom stereocenters. The first-order chi connectivity index (χ1) is 8.65. The molecule has 0 aromatic rings. The first-order valence-electron chi connectivity index (χ1n) is 6.55. The standard InChI is InChI=1S/C12H23N3O3/c1-3-15-6-5-10(9-15)7-13-12(17)14-8-11(16)18-4-2/h10H,3-9H2,1-2H3,(H2,13,14,17). The highest BCUT2D eigenvalue weighted by molar-refractivity contribution is 5.80. The van der Waals surface area contributed by atoms with Gasteiger partial charge in [-0.15, -0.1) is 0 Å². The van der Waals surface area contributed by atoms with Gasteiger partial charge in [0.1, 0.15) is 6.54 Å². The SMILES string of the molecule is CCOC(=O)CNC(=O)NCC1CCN(CC)C1. The smallest absolute Gasteiger partial charge is 0.325 e. The molecule has 1 fully saturated rings. The first-order valence-corrected chi connectivity index (χ1v) is 6.55. The third-order valence-electron chi connectivity index (χ3n) is 3.07. The summed E-state index contributed by atoms with van der Waals surface area (Å²) in [5.41, 5.74) is 0. The molecule has 2 N–H and O–H groups in total. The number of urea groups is 1. The lowest BCUT2D eigenvalue weighted by molar-refractivity contribution is -0.141. The number of ether oxygens (including phenoxy) is 1. The fourth-order valence-electron chi connectivity index (χ4n) is 2.03. The number of hydrogen-bond donors (Lipinski definition) is 2. The number of carbonyl (C=O) groups excluding carboxylic acids is 2. The number of nitrogens with zero attached hydrogens (tertiary/aromatic N) is 1. The van der Waals surface area contributed by atoms with Crippen LogP contribution in [0.1, 0.15) is 20.3 Å². The number of esters is 1.